The monoisotopic (exact) mass is 205 g/mol. The van der Waals surface area contributed by atoms with Crippen molar-refractivity contribution in [2.45, 2.75) is 19.3 Å². The third-order valence-electron chi connectivity index (χ3n) is 3.06. The standard InChI is InChI=1S/C12H15NO2/c1-8(7-14)9-4-3-5-11-10(9)6-12(15)13(11)2/h3-5,8,14H,6-7H2,1-2H3. The molecule has 1 aromatic rings. The molecule has 3 heteroatoms. The maximum Gasteiger partial charge on any atom is 0.231 e. The lowest BCUT2D eigenvalue weighted by Crippen LogP contribution is -2.20. The molecule has 0 aliphatic carbocycles. The number of anilines is 1. The molecule has 0 radical (unpaired) electrons. The van der Waals surface area contributed by atoms with Gasteiger partial charge in [0, 0.05) is 25.3 Å². The van der Waals surface area contributed by atoms with Crippen molar-refractivity contribution in [2.24, 2.45) is 0 Å². The fourth-order valence-electron chi connectivity index (χ4n) is 2.06. The highest BCUT2D eigenvalue weighted by Gasteiger charge is 2.27. The summed E-state index contributed by atoms with van der Waals surface area (Å²) in [5, 5.41) is 9.15. The molecule has 1 atom stereocenters. The topological polar surface area (TPSA) is 40.5 Å². The number of hydrogen-bond donors (Lipinski definition) is 1. The number of rotatable bonds is 2. The zero-order chi connectivity index (χ0) is 11.0. The molecule has 0 fully saturated rings. The zero-order valence-electron chi connectivity index (χ0n) is 9.03. The summed E-state index contributed by atoms with van der Waals surface area (Å²) < 4.78 is 0. The largest absolute Gasteiger partial charge is 0.396 e. The summed E-state index contributed by atoms with van der Waals surface area (Å²) in [6.07, 6.45) is 0.465. The average Bonchev–Trinajstić information content (AvgIpc) is 2.54. The Labute approximate surface area is 89.3 Å². The molecule has 80 valence electrons. The van der Waals surface area contributed by atoms with Crippen molar-refractivity contribution in [1.29, 1.82) is 0 Å². The Morgan fingerprint density at radius 1 is 1.53 bits per heavy atom. The van der Waals surface area contributed by atoms with Crippen molar-refractivity contribution in [3.8, 4) is 0 Å². The summed E-state index contributed by atoms with van der Waals surface area (Å²) >= 11 is 0. The van der Waals surface area contributed by atoms with Gasteiger partial charge in [0.2, 0.25) is 5.91 Å². The number of benzene rings is 1. The van der Waals surface area contributed by atoms with Crippen LogP contribution in [-0.2, 0) is 11.2 Å². The lowest BCUT2D eigenvalue weighted by Gasteiger charge is -2.14. The molecule has 2 rings (SSSR count). The van der Waals surface area contributed by atoms with Crippen molar-refractivity contribution in [2.75, 3.05) is 18.6 Å². The molecular weight excluding hydrogens is 190 g/mol. The van der Waals surface area contributed by atoms with Crippen LogP contribution in [0.3, 0.4) is 0 Å². The fraction of sp³-hybridized carbons (Fsp3) is 0.417. The van der Waals surface area contributed by atoms with Crippen molar-refractivity contribution in [3.05, 3.63) is 29.3 Å². The van der Waals surface area contributed by atoms with Gasteiger partial charge in [0.05, 0.1) is 6.42 Å². The minimum atomic E-state index is 0.0965. The van der Waals surface area contributed by atoms with Gasteiger partial charge in [0.1, 0.15) is 0 Å². The fourth-order valence-corrected chi connectivity index (χ4v) is 2.06. The normalized spacial score (nSPS) is 16.7. The first kappa shape index (κ1) is 10.2. The van der Waals surface area contributed by atoms with Crippen LogP contribution in [0.25, 0.3) is 0 Å². The molecule has 1 aromatic carbocycles. The van der Waals surface area contributed by atoms with Crippen LogP contribution >= 0.6 is 0 Å². The van der Waals surface area contributed by atoms with Gasteiger partial charge < -0.3 is 10.0 Å². The highest BCUT2D eigenvalue weighted by atomic mass is 16.3. The molecule has 0 aromatic heterocycles. The van der Waals surface area contributed by atoms with Crippen LogP contribution in [0.5, 0.6) is 0 Å². The third-order valence-corrected chi connectivity index (χ3v) is 3.06. The number of nitrogens with zero attached hydrogens (tertiary/aromatic N) is 1. The van der Waals surface area contributed by atoms with Gasteiger partial charge in [-0.1, -0.05) is 19.1 Å². The second-order valence-electron chi connectivity index (χ2n) is 4.06. The summed E-state index contributed by atoms with van der Waals surface area (Å²) in [6, 6.07) is 5.88. The van der Waals surface area contributed by atoms with Crippen molar-refractivity contribution in [3.63, 3.8) is 0 Å². The van der Waals surface area contributed by atoms with Gasteiger partial charge >= 0.3 is 0 Å². The van der Waals surface area contributed by atoms with Gasteiger partial charge in [-0.2, -0.15) is 0 Å². The minimum Gasteiger partial charge on any atom is -0.396 e. The first-order valence-electron chi connectivity index (χ1n) is 5.14. The number of amides is 1. The molecule has 1 heterocycles. The molecule has 0 saturated carbocycles. The highest BCUT2D eigenvalue weighted by molar-refractivity contribution is 6.01. The van der Waals surface area contributed by atoms with Crippen LogP contribution in [0.4, 0.5) is 5.69 Å². The van der Waals surface area contributed by atoms with Crippen LogP contribution < -0.4 is 4.90 Å². The lowest BCUT2D eigenvalue weighted by molar-refractivity contribution is -0.117. The summed E-state index contributed by atoms with van der Waals surface area (Å²) in [4.78, 5) is 13.2. The minimum absolute atomic E-state index is 0.0965. The Balaban J connectivity index is 2.49. The lowest BCUT2D eigenvalue weighted by atomic mass is 9.95. The number of carbonyl (C=O) groups is 1. The van der Waals surface area contributed by atoms with E-state index in [1.807, 2.05) is 25.1 Å². The Hall–Kier alpha value is -1.35. The van der Waals surface area contributed by atoms with E-state index in [1.165, 1.54) is 0 Å². The third kappa shape index (κ3) is 1.53. The van der Waals surface area contributed by atoms with Crippen LogP contribution in [0, 0.1) is 0 Å². The van der Waals surface area contributed by atoms with E-state index in [0.717, 1.165) is 16.8 Å². The summed E-state index contributed by atoms with van der Waals surface area (Å²) in [5.74, 6) is 0.224. The van der Waals surface area contributed by atoms with Gasteiger partial charge in [-0.3, -0.25) is 4.79 Å². The Morgan fingerprint density at radius 3 is 2.93 bits per heavy atom. The van der Waals surface area contributed by atoms with Crippen LogP contribution in [0.1, 0.15) is 24.0 Å². The number of fused-ring (bicyclic) bond motifs is 1. The summed E-state index contributed by atoms with van der Waals surface area (Å²) in [6.45, 7) is 2.09. The molecule has 1 aliphatic rings. The first-order valence-corrected chi connectivity index (χ1v) is 5.14. The second-order valence-corrected chi connectivity index (χ2v) is 4.06. The van der Waals surface area contributed by atoms with Crippen LogP contribution in [-0.4, -0.2) is 24.7 Å². The SMILES string of the molecule is CC(CO)c1cccc2c1CC(=O)N2C. The predicted molar refractivity (Wildman–Crippen MR) is 59.1 cm³/mol. The molecule has 1 amide bonds. The average molecular weight is 205 g/mol. The van der Waals surface area contributed by atoms with E-state index < -0.39 is 0 Å². The van der Waals surface area contributed by atoms with Crippen molar-refractivity contribution in [1.82, 2.24) is 0 Å². The van der Waals surface area contributed by atoms with Crippen molar-refractivity contribution < 1.29 is 9.90 Å². The quantitative estimate of drug-likeness (QED) is 0.790. The van der Waals surface area contributed by atoms with Gasteiger partial charge in [-0.15, -0.1) is 0 Å². The smallest absolute Gasteiger partial charge is 0.231 e. The number of aliphatic hydroxyl groups excluding tert-OH is 1. The number of likely N-dealkylation sites (N-methyl/N-ethyl adjacent to an activating group) is 1. The van der Waals surface area contributed by atoms with Crippen LogP contribution in [0.15, 0.2) is 18.2 Å². The molecule has 3 nitrogen and oxygen atoms in total. The van der Waals surface area contributed by atoms with Crippen molar-refractivity contribution >= 4 is 11.6 Å². The van der Waals surface area contributed by atoms with E-state index in [1.54, 1.807) is 11.9 Å². The number of carbonyl (C=O) groups excluding carboxylic acids is 1. The Kier molecular flexibility index (Phi) is 2.49. The van der Waals surface area contributed by atoms with Gasteiger partial charge in [0.25, 0.3) is 0 Å². The molecule has 1 N–H and O–H groups in total. The van der Waals surface area contributed by atoms with E-state index in [2.05, 4.69) is 0 Å². The van der Waals surface area contributed by atoms with Gasteiger partial charge in [-0.05, 0) is 17.2 Å². The van der Waals surface area contributed by atoms with Crippen LogP contribution in [0.2, 0.25) is 0 Å². The van der Waals surface area contributed by atoms with E-state index in [-0.39, 0.29) is 18.4 Å². The Morgan fingerprint density at radius 2 is 2.27 bits per heavy atom. The number of hydrogen-bond acceptors (Lipinski definition) is 2. The zero-order valence-corrected chi connectivity index (χ0v) is 9.03. The Bertz CT molecular complexity index is 401. The molecule has 0 saturated heterocycles. The van der Waals surface area contributed by atoms with E-state index in [4.69, 9.17) is 5.11 Å². The second kappa shape index (κ2) is 3.66. The molecule has 1 aliphatic heterocycles. The van der Waals surface area contributed by atoms with Gasteiger partial charge in [0.15, 0.2) is 0 Å². The molecule has 1 unspecified atom stereocenters. The van der Waals surface area contributed by atoms with E-state index in [9.17, 15) is 4.79 Å². The maximum absolute atomic E-state index is 11.6. The predicted octanol–water partition coefficient (Wildman–Crippen LogP) is 1.30. The summed E-state index contributed by atoms with van der Waals surface area (Å²) in [5.41, 5.74) is 3.15. The molecule has 15 heavy (non-hydrogen) atoms. The van der Waals surface area contributed by atoms with E-state index in [0.29, 0.717) is 6.42 Å². The molecular formula is C12H15NO2. The van der Waals surface area contributed by atoms with E-state index >= 15 is 0 Å². The maximum atomic E-state index is 11.6. The number of aliphatic hydroxyl groups is 1. The molecule has 0 bridgehead atoms. The summed E-state index contributed by atoms with van der Waals surface area (Å²) in [7, 11) is 1.79. The van der Waals surface area contributed by atoms with Gasteiger partial charge in [-0.25, -0.2) is 0 Å². The highest BCUT2D eigenvalue weighted by Crippen LogP contribution is 2.33. The first-order chi connectivity index (χ1) is 7.15. The molecule has 0 spiro atoms.